The molecule has 11 heteroatoms. The summed E-state index contributed by atoms with van der Waals surface area (Å²) < 4.78 is 14.7. The number of H-pyrrole nitrogens is 2. The lowest BCUT2D eigenvalue weighted by Crippen LogP contribution is -2.25. The number of halogens is 1. The molecular weight excluding hydrogens is 599 g/mol. The van der Waals surface area contributed by atoms with Gasteiger partial charge in [-0.15, -0.1) is 0 Å². The van der Waals surface area contributed by atoms with Crippen molar-refractivity contribution in [1.82, 2.24) is 20.5 Å². The summed E-state index contributed by atoms with van der Waals surface area (Å²) in [5, 5.41) is 26.6. The molecule has 0 saturated heterocycles. The van der Waals surface area contributed by atoms with Gasteiger partial charge in [0, 0.05) is 34.8 Å². The topological polar surface area (TPSA) is 145 Å². The van der Waals surface area contributed by atoms with E-state index in [1.165, 1.54) is 12.1 Å². The third-order valence-electron chi connectivity index (χ3n) is 8.06. The second kappa shape index (κ2) is 12.7. The van der Waals surface area contributed by atoms with Crippen LogP contribution in [0.4, 0.5) is 10.1 Å². The fourth-order valence-corrected chi connectivity index (χ4v) is 5.76. The van der Waals surface area contributed by atoms with Crippen LogP contribution in [-0.2, 0) is 11.3 Å². The molecule has 47 heavy (non-hydrogen) atoms. The van der Waals surface area contributed by atoms with E-state index in [-0.39, 0.29) is 23.6 Å². The zero-order valence-corrected chi connectivity index (χ0v) is 25.1. The molecule has 1 aliphatic rings. The van der Waals surface area contributed by atoms with Gasteiger partial charge in [-0.1, -0.05) is 65.8 Å². The number of rotatable bonds is 10. The van der Waals surface area contributed by atoms with Crippen molar-refractivity contribution in [3.63, 3.8) is 0 Å². The number of nitrogens with zero attached hydrogens (tertiary/aromatic N) is 3. The number of carbonyl (C=O) groups excluding carboxylic acids is 1. The summed E-state index contributed by atoms with van der Waals surface area (Å²) in [6.07, 6.45) is 1.47. The fourth-order valence-electron chi connectivity index (χ4n) is 5.76. The summed E-state index contributed by atoms with van der Waals surface area (Å²) >= 11 is 0. The largest absolute Gasteiger partial charge is 0.494 e. The highest BCUT2D eigenvalue weighted by Crippen LogP contribution is 2.35. The normalized spacial score (nSPS) is 13.2. The van der Waals surface area contributed by atoms with E-state index >= 15 is 0 Å². The van der Waals surface area contributed by atoms with Crippen LogP contribution in [0.15, 0.2) is 106 Å². The molecule has 0 spiro atoms. The Morgan fingerprint density at radius 3 is 2.57 bits per heavy atom. The summed E-state index contributed by atoms with van der Waals surface area (Å²) in [5.74, 6) is -1.14. The van der Waals surface area contributed by atoms with Crippen LogP contribution >= 0.6 is 0 Å². The lowest BCUT2D eigenvalue weighted by Gasteiger charge is -2.09. The smallest absolute Gasteiger partial charge is 0.272 e. The quantitative estimate of drug-likeness (QED) is 0.110. The second-order valence-electron chi connectivity index (χ2n) is 11.1. The monoisotopic (exact) mass is 628 g/mol. The molecule has 4 aromatic carbocycles. The molecule has 0 radical (unpaired) electrons. The number of para-hydroxylation sites is 2. The predicted octanol–water partition coefficient (Wildman–Crippen LogP) is 5.91. The predicted molar refractivity (Wildman–Crippen MR) is 178 cm³/mol. The third kappa shape index (κ3) is 5.86. The molecule has 234 valence electrons. The summed E-state index contributed by atoms with van der Waals surface area (Å²) in [5.41, 5.74) is 4.88. The second-order valence-corrected chi connectivity index (χ2v) is 11.1. The highest BCUT2D eigenvalue weighted by atomic mass is 19.1. The van der Waals surface area contributed by atoms with Crippen molar-refractivity contribution in [2.75, 3.05) is 13.2 Å². The van der Waals surface area contributed by atoms with Gasteiger partial charge in [-0.2, -0.15) is 5.10 Å². The third-order valence-corrected chi connectivity index (χ3v) is 8.06. The van der Waals surface area contributed by atoms with Gasteiger partial charge in [-0.3, -0.25) is 9.59 Å². The first kappa shape index (κ1) is 29.6. The summed E-state index contributed by atoms with van der Waals surface area (Å²) in [6.45, 7) is 0.589. The van der Waals surface area contributed by atoms with Gasteiger partial charge in [-0.05, 0) is 48.7 Å². The van der Waals surface area contributed by atoms with Crippen molar-refractivity contribution >= 4 is 44.7 Å². The van der Waals surface area contributed by atoms with E-state index in [2.05, 4.69) is 25.7 Å². The van der Waals surface area contributed by atoms with Gasteiger partial charge in [0.1, 0.15) is 23.8 Å². The average Bonchev–Trinajstić information content (AvgIpc) is 3.62. The van der Waals surface area contributed by atoms with Gasteiger partial charge in [0.15, 0.2) is 5.88 Å². The van der Waals surface area contributed by atoms with Crippen LogP contribution in [0.5, 0.6) is 5.88 Å². The minimum Gasteiger partial charge on any atom is -0.494 e. The number of unbranched alkanes of at least 4 members (excludes halogenated alkanes) is 1. The van der Waals surface area contributed by atoms with Crippen LogP contribution in [0.2, 0.25) is 0 Å². The number of hydrogen-bond acceptors (Lipinski definition) is 7. The van der Waals surface area contributed by atoms with Gasteiger partial charge in [0.2, 0.25) is 0 Å². The Hall–Kier alpha value is -6.10. The molecule has 6 aromatic rings. The van der Waals surface area contributed by atoms with E-state index in [4.69, 9.17) is 9.83 Å². The SMILES string of the molecule is O=C(NCCCCO/N=C1/C(c2c(O)[nH]c3ccccc23)=Nc2ccccc21)c1cc(Cc2n[nH]c(=O)c3ccccc23)ccc1F. The number of hydrogen-bond donors (Lipinski definition) is 4. The van der Waals surface area contributed by atoms with Crippen LogP contribution in [0.1, 0.15) is 45.6 Å². The molecule has 0 aliphatic carbocycles. The maximum absolute atomic E-state index is 14.7. The Labute approximate surface area is 267 Å². The summed E-state index contributed by atoms with van der Waals surface area (Å²) in [4.78, 5) is 38.4. The van der Waals surface area contributed by atoms with E-state index in [0.717, 1.165) is 22.2 Å². The number of carbonyl (C=O) groups is 1. The molecule has 0 saturated carbocycles. The van der Waals surface area contributed by atoms with Crippen molar-refractivity contribution < 1.29 is 19.1 Å². The van der Waals surface area contributed by atoms with Gasteiger partial charge < -0.3 is 20.2 Å². The number of oxime groups is 1. The number of aromatic hydroxyl groups is 1. The molecule has 0 bridgehead atoms. The van der Waals surface area contributed by atoms with Crippen molar-refractivity contribution in [2.45, 2.75) is 19.3 Å². The molecule has 0 unspecified atom stereocenters. The fraction of sp³-hybridized carbons (Fsp3) is 0.139. The van der Waals surface area contributed by atoms with Crippen molar-refractivity contribution in [3.8, 4) is 5.88 Å². The molecule has 3 heterocycles. The van der Waals surface area contributed by atoms with E-state index in [1.807, 2.05) is 60.7 Å². The highest BCUT2D eigenvalue weighted by molar-refractivity contribution is 6.58. The average molecular weight is 629 g/mol. The molecule has 7 rings (SSSR count). The number of aromatic nitrogens is 3. The van der Waals surface area contributed by atoms with Crippen molar-refractivity contribution in [3.05, 3.63) is 135 Å². The van der Waals surface area contributed by atoms with Gasteiger partial charge in [0.05, 0.1) is 27.9 Å². The molecule has 4 N–H and O–H groups in total. The molecule has 2 aromatic heterocycles. The zero-order chi connectivity index (χ0) is 32.3. The van der Waals surface area contributed by atoms with Gasteiger partial charge in [0.25, 0.3) is 11.5 Å². The summed E-state index contributed by atoms with van der Waals surface area (Å²) in [6, 6.07) is 26.7. The maximum atomic E-state index is 14.7. The Morgan fingerprint density at radius 2 is 1.70 bits per heavy atom. The first-order valence-corrected chi connectivity index (χ1v) is 15.2. The minimum absolute atomic E-state index is 0.00439. The Balaban J connectivity index is 0.962. The lowest BCUT2D eigenvalue weighted by molar-refractivity contribution is 0.0945. The van der Waals surface area contributed by atoms with Gasteiger partial charge >= 0.3 is 0 Å². The Kier molecular flexibility index (Phi) is 8.01. The molecule has 0 fully saturated rings. The zero-order valence-electron chi connectivity index (χ0n) is 25.1. The molecule has 1 amide bonds. The molecule has 0 atom stereocenters. The minimum atomic E-state index is -0.625. The number of aromatic amines is 2. The van der Waals surface area contributed by atoms with E-state index in [0.29, 0.717) is 64.8 Å². The van der Waals surface area contributed by atoms with Crippen LogP contribution in [-0.4, -0.2) is 50.8 Å². The number of aliphatic imine (C=N–C) groups is 1. The molecule has 1 aliphatic heterocycles. The number of fused-ring (bicyclic) bond motifs is 3. The van der Waals surface area contributed by atoms with Crippen LogP contribution < -0.4 is 10.9 Å². The summed E-state index contributed by atoms with van der Waals surface area (Å²) in [7, 11) is 0. The van der Waals surface area contributed by atoms with Crippen molar-refractivity contribution in [2.24, 2.45) is 10.1 Å². The van der Waals surface area contributed by atoms with Crippen LogP contribution in [0.25, 0.3) is 21.7 Å². The molecule has 10 nitrogen and oxygen atoms in total. The first-order valence-electron chi connectivity index (χ1n) is 15.2. The van der Waals surface area contributed by atoms with E-state index in [9.17, 15) is 19.1 Å². The maximum Gasteiger partial charge on any atom is 0.272 e. The van der Waals surface area contributed by atoms with Gasteiger partial charge in [-0.25, -0.2) is 14.5 Å². The van der Waals surface area contributed by atoms with Crippen LogP contribution in [0.3, 0.4) is 0 Å². The number of nitrogens with one attached hydrogen (secondary N) is 3. The van der Waals surface area contributed by atoms with E-state index < -0.39 is 11.7 Å². The first-order chi connectivity index (χ1) is 23.0. The van der Waals surface area contributed by atoms with Crippen molar-refractivity contribution in [1.29, 1.82) is 0 Å². The van der Waals surface area contributed by atoms with E-state index in [1.54, 1.807) is 18.2 Å². The Morgan fingerprint density at radius 1 is 0.936 bits per heavy atom. The standard InChI is InChI=1S/C36H29FN6O4/c37-27-16-15-21(20-30-22-9-1-2-10-23(22)35(45)42-41-30)19-26(27)34(44)38-17-7-8-18-47-43-32-25-12-4-6-14-29(25)39-33(32)31-24-11-3-5-13-28(24)40-36(31)46/h1-6,9-16,19,40,46H,7-8,17-18,20H2,(H,38,44)(H,42,45)/b43-32+. The Bertz CT molecular complexity index is 2270. The number of amides is 1. The highest BCUT2D eigenvalue weighted by Gasteiger charge is 2.29. The molecular formula is C36H29FN6O4. The number of benzene rings is 4. The lowest BCUT2D eigenvalue weighted by atomic mass is 10.0. The van der Waals surface area contributed by atoms with Crippen LogP contribution in [0, 0.1) is 5.82 Å².